The number of carbonyl (C=O) groups excluding carboxylic acids is 1. The fourth-order valence-electron chi connectivity index (χ4n) is 2.96. The lowest BCUT2D eigenvalue weighted by Gasteiger charge is -2.21. The molecule has 126 valence electrons. The highest BCUT2D eigenvalue weighted by Gasteiger charge is 2.23. The van der Waals surface area contributed by atoms with E-state index in [4.69, 9.17) is 0 Å². The maximum Gasteiger partial charge on any atom is 0.238 e. The van der Waals surface area contributed by atoms with Gasteiger partial charge in [-0.1, -0.05) is 0 Å². The van der Waals surface area contributed by atoms with Gasteiger partial charge in [0.1, 0.15) is 11.1 Å². The second-order valence-corrected chi connectivity index (χ2v) is 7.22. The minimum absolute atomic E-state index is 0.0967. The van der Waals surface area contributed by atoms with E-state index in [0.29, 0.717) is 10.6 Å². The van der Waals surface area contributed by atoms with E-state index >= 15 is 0 Å². The SMILES string of the molecule is CC(NCC(=O)Nc1sc2c(c1C#N)CCC2)C(C)n1cccn1. The number of amides is 1. The Kier molecular flexibility index (Phi) is 4.97. The molecular weight excluding hydrogens is 322 g/mol. The van der Waals surface area contributed by atoms with Crippen molar-refractivity contribution in [1.82, 2.24) is 15.1 Å². The van der Waals surface area contributed by atoms with Gasteiger partial charge in [-0.2, -0.15) is 10.4 Å². The smallest absolute Gasteiger partial charge is 0.238 e. The van der Waals surface area contributed by atoms with E-state index in [-0.39, 0.29) is 24.5 Å². The highest BCUT2D eigenvalue weighted by Crippen LogP contribution is 2.38. The summed E-state index contributed by atoms with van der Waals surface area (Å²) in [4.78, 5) is 13.5. The Morgan fingerprint density at radius 2 is 2.33 bits per heavy atom. The number of rotatable bonds is 6. The molecule has 2 unspecified atom stereocenters. The first kappa shape index (κ1) is 16.7. The molecule has 0 saturated carbocycles. The van der Waals surface area contributed by atoms with Crippen molar-refractivity contribution in [2.45, 2.75) is 45.2 Å². The third-order valence-electron chi connectivity index (χ3n) is 4.54. The normalized spacial score (nSPS) is 15.5. The van der Waals surface area contributed by atoms with Crippen molar-refractivity contribution in [3.05, 3.63) is 34.5 Å². The Morgan fingerprint density at radius 3 is 3.04 bits per heavy atom. The van der Waals surface area contributed by atoms with Crippen molar-refractivity contribution in [3.8, 4) is 6.07 Å². The maximum absolute atomic E-state index is 12.2. The second-order valence-electron chi connectivity index (χ2n) is 6.12. The molecular formula is C17H21N5OS. The number of carbonyl (C=O) groups is 1. The van der Waals surface area contributed by atoms with Gasteiger partial charge in [-0.3, -0.25) is 9.48 Å². The number of thiophene rings is 1. The number of fused-ring (bicyclic) bond motifs is 1. The molecule has 0 fully saturated rings. The van der Waals surface area contributed by atoms with Gasteiger partial charge in [0.25, 0.3) is 0 Å². The van der Waals surface area contributed by atoms with Gasteiger partial charge in [0, 0.05) is 23.3 Å². The molecule has 0 radical (unpaired) electrons. The van der Waals surface area contributed by atoms with Gasteiger partial charge in [0.15, 0.2) is 0 Å². The van der Waals surface area contributed by atoms with Gasteiger partial charge in [0.2, 0.25) is 5.91 Å². The number of hydrogen-bond donors (Lipinski definition) is 2. The number of anilines is 1. The van der Waals surface area contributed by atoms with Crippen LogP contribution in [0.4, 0.5) is 5.00 Å². The van der Waals surface area contributed by atoms with Crippen molar-refractivity contribution in [1.29, 1.82) is 5.26 Å². The third kappa shape index (κ3) is 3.35. The summed E-state index contributed by atoms with van der Waals surface area (Å²) in [6.07, 6.45) is 6.72. The first-order valence-corrected chi connectivity index (χ1v) is 8.98. The Morgan fingerprint density at radius 1 is 1.50 bits per heavy atom. The molecule has 0 aromatic carbocycles. The van der Waals surface area contributed by atoms with Crippen LogP contribution >= 0.6 is 11.3 Å². The van der Waals surface area contributed by atoms with Gasteiger partial charge < -0.3 is 10.6 Å². The zero-order valence-electron chi connectivity index (χ0n) is 13.9. The number of nitriles is 1. The van der Waals surface area contributed by atoms with E-state index < -0.39 is 0 Å². The Labute approximate surface area is 145 Å². The molecule has 0 bridgehead atoms. The van der Waals surface area contributed by atoms with Crippen molar-refractivity contribution in [2.24, 2.45) is 0 Å². The van der Waals surface area contributed by atoms with Crippen molar-refractivity contribution in [2.75, 3.05) is 11.9 Å². The van der Waals surface area contributed by atoms with Crippen LogP contribution in [0, 0.1) is 11.3 Å². The van der Waals surface area contributed by atoms with E-state index in [1.54, 1.807) is 17.5 Å². The highest BCUT2D eigenvalue weighted by molar-refractivity contribution is 7.16. The van der Waals surface area contributed by atoms with Crippen LogP contribution in [0.25, 0.3) is 0 Å². The Hall–Kier alpha value is -2.17. The maximum atomic E-state index is 12.2. The monoisotopic (exact) mass is 343 g/mol. The number of aromatic nitrogens is 2. The topological polar surface area (TPSA) is 82.7 Å². The predicted molar refractivity (Wildman–Crippen MR) is 94.1 cm³/mol. The lowest BCUT2D eigenvalue weighted by molar-refractivity contribution is -0.115. The molecule has 3 rings (SSSR count). The molecule has 6 nitrogen and oxygen atoms in total. The van der Waals surface area contributed by atoms with E-state index in [2.05, 4.69) is 28.7 Å². The summed E-state index contributed by atoms with van der Waals surface area (Å²) in [5.74, 6) is -0.120. The third-order valence-corrected chi connectivity index (χ3v) is 5.74. The molecule has 24 heavy (non-hydrogen) atoms. The number of nitrogens with one attached hydrogen (secondary N) is 2. The molecule has 7 heteroatoms. The van der Waals surface area contributed by atoms with Crippen LogP contribution in [-0.4, -0.2) is 28.3 Å². The highest BCUT2D eigenvalue weighted by atomic mass is 32.1. The van der Waals surface area contributed by atoms with Gasteiger partial charge >= 0.3 is 0 Å². The molecule has 0 saturated heterocycles. The van der Waals surface area contributed by atoms with Crippen LogP contribution in [-0.2, 0) is 17.6 Å². The minimum atomic E-state index is -0.120. The van der Waals surface area contributed by atoms with E-state index in [1.165, 1.54) is 4.88 Å². The van der Waals surface area contributed by atoms with Crippen LogP contribution < -0.4 is 10.6 Å². The molecule has 0 aliphatic heterocycles. The lowest BCUT2D eigenvalue weighted by atomic mass is 10.1. The summed E-state index contributed by atoms with van der Waals surface area (Å²) in [6, 6.07) is 4.37. The molecule has 1 aliphatic carbocycles. The summed E-state index contributed by atoms with van der Waals surface area (Å²) < 4.78 is 1.87. The molecule has 2 N–H and O–H groups in total. The van der Waals surface area contributed by atoms with Crippen molar-refractivity contribution < 1.29 is 4.79 Å². The molecule has 0 spiro atoms. The van der Waals surface area contributed by atoms with Crippen LogP contribution in [0.1, 0.15) is 42.3 Å². The van der Waals surface area contributed by atoms with Gasteiger partial charge in [0.05, 0.1) is 18.2 Å². The fourth-order valence-corrected chi connectivity index (χ4v) is 4.21. The Balaban J connectivity index is 1.56. The Bertz CT molecular complexity index is 759. The summed E-state index contributed by atoms with van der Waals surface area (Å²) in [7, 11) is 0. The number of nitrogens with zero attached hydrogens (tertiary/aromatic N) is 3. The van der Waals surface area contributed by atoms with Crippen molar-refractivity contribution in [3.63, 3.8) is 0 Å². The number of hydrogen-bond acceptors (Lipinski definition) is 5. The van der Waals surface area contributed by atoms with Crippen LogP contribution in [0.15, 0.2) is 18.5 Å². The zero-order chi connectivity index (χ0) is 17.1. The van der Waals surface area contributed by atoms with Crippen LogP contribution in [0.3, 0.4) is 0 Å². The molecule has 1 aliphatic rings. The average Bonchev–Trinajstić information content (AvgIpc) is 3.28. The van der Waals surface area contributed by atoms with Crippen molar-refractivity contribution >= 4 is 22.2 Å². The summed E-state index contributed by atoms with van der Waals surface area (Å²) >= 11 is 1.54. The number of aryl methyl sites for hydroxylation is 1. The fraction of sp³-hybridized carbons (Fsp3) is 0.471. The minimum Gasteiger partial charge on any atom is -0.315 e. The largest absolute Gasteiger partial charge is 0.315 e. The molecule has 2 aromatic heterocycles. The van der Waals surface area contributed by atoms with Crippen LogP contribution in [0.2, 0.25) is 0 Å². The van der Waals surface area contributed by atoms with Gasteiger partial charge in [-0.25, -0.2) is 0 Å². The standard InChI is InChI=1S/C17H21N5OS/c1-11(12(2)22-8-4-7-20-22)19-10-16(23)21-17-14(9-18)13-5-3-6-15(13)24-17/h4,7-8,11-12,19H,3,5-6,10H2,1-2H3,(H,21,23). The molecule has 2 aromatic rings. The molecule has 1 amide bonds. The van der Waals surface area contributed by atoms with Gasteiger partial charge in [-0.05, 0) is 44.7 Å². The first-order chi connectivity index (χ1) is 11.6. The zero-order valence-corrected chi connectivity index (χ0v) is 14.7. The lowest BCUT2D eigenvalue weighted by Crippen LogP contribution is -2.39. The first-order valence-electron chi connectivity index (χ1n) is 8.17. The van der Waals surface area contributed by atoms with E-state index in [9.17, 15) is 10.1 Å². The quantitative estimate of drug-likeness (QED) is 0.844. The average molecular weight is 343 g/mol. The summed E-state index contributed by atoms with van der Waals surface area (Å²) in [6.45, 7) is 4.29. The second kappa shape index (κ2) is 7.16. The summed E-state index contributed by atoms with van der Waals surface area (Å²) in [5.41, 5.74) is 1.78. The summed E-state index contributed by atoms with van der Waals surface area (Å²) in [5, 5.41) is 20.4. The van der Waals surface area contributed by atoms with Crippen LogP contribution in [0.5, 0.6) is 0 Å². The van der Waals surface area contributed by atoms with Gasteiger partial charge in [-0.15, -0.1) is 11.3 Å². The van der Waals surface area contributed by atoms with E-state index in [1.807, 2.05) is 23.9 Å². The predicted octanol–water partition coefficient (Wildman–Crippen LogP) is 2.48. The molecule has 2 atom stereocenters. The molecule has 2 heterocycles. The van der Waals surface area contributed by atoms with E-state index in [0.717, 1.165) is 24.8 Å².